The zero-order valence-electron chi connectivity index (χ0n) is 18.8. The predicted octanol–water partition coefficient (Wildman–Crippen LogP) is 3.32. The van der Waals surface area contributed by atoms with Gasteiger partial charge in [-0.1, -0.05) is 11.6 Å². The van der Waals surface area contributed by atoms with Crippen LogP contribution in [0.5, 0.6) is 5.75 Å². The third-order valence-corrected chi connectivity index (χ3v) is 8.63. The molecule has 0 radical (unpaired) electrons. The SMILES string of the molecule is Cc1cc(OCC2(CC(=O)N3CCCCC3)CCCN(S(=O)(=O)N(C)C)C2)ccc1Cl. The van der Waals surface area contributed by atoms with Crippen LogP contribution in [0, 0.1) is 12.3 Å². The fraction of sp³-hybridized carbons (Fsp3) is 0.682. The maximum absolute atomic E-state index is 13.1. The summed E-state index contributed by atoms with van der Waals surface area (Å²) >= 11 is 6.13. The van der Waals surface area contributed by atoms with E-state index in [4.69, 9.17) is 16.3 Å². The van der Waals surface area contributed by atoms with Gasteiger partial charge in [-0.25, -0.2) is 0 Å². The molecule has 3 rings (SSSR count). The van der Waals surface area contributed by atoms with E-state index in [0.717, 1.165) is 44.3 Å². The summed E-state index contributed by atoms with van der Waals surface area (Å²) in [4.78, 5) is 15.1. The number of halogens is 1. The molecule has 2 fully saturated rings. The zero-order valence-corrected chi connectivity index (χ0v) is 20.3. The first-order chi connectivity index (χ1) is 14.6. The number of carbonyl (C=O) groups excluding carboxylic acids is 1. The molecular weight excluding hydrogens is 438 g/mol. The number of amides is 1. The molecule has 0 spiro atoms. The Kier molecular flexibility index (Phi) is 7.89. The van der Waals surface area contributed by atoms with Crippen LogP contribution in [-0.2, 0) is 15.0 Å². The fourth-order valence-corrected chi connectivity index (χ4v) is 5.80. The molecule has 1 atom stereocenters. The summed E-state index contributed by atoms with van der Waals surface area (Å²) in [6.07, 6.45) is 4.95. The average Bonchev–Trinajstić information content (AvgIpc) is 2.75. The first kappa shape index (κ1) is 24.3. The molecule has 1 unspecified atom stereocenters. The lowest BCUT2D eigenvalue weighted by molar-refractivity contribution is -0.136. The summed E-state index contributed by atoms with van der Waals surface area (Å²) in [5.74, 6) is 0.777. The molecule has 0 aromatic heterocycles. The van der Waals surface area contributed by atoms with E-state index in [1.165, 1.54) is 22.7 Å². The highest BCUT2D eigenvalue weighted by atomic mass is 35.5. The highest BCUT2D eigenvalue weighted by molar-refractivity contribution is 7.86. The van der Waals surface area contributed by atoms with Crippen LogP contribution in [0.25, 0.3) is 0 Å². The summed E-state index contributed by atoms with van der Waals surface area (Å²) in [7, 11) is -0.480. The Labute approximate surface area is 191 Å². The molecule has 9 heteroatoms. The molecule has 31 heavy (non-hydrogen) atoms. The smallest absolute Gasteiger partial charge is 0.281 e. The van der Waals surface area contributed by atoms with E-state index in [1.54, 1.807) is 6.07 Å². The lowest BCUT2D eigenvalue weighted by Gasteiger charge is -2.43. The molecular formula is C22H34ClN3O4S. The number of hydrogen-bond acceptors (Lipinski definition) is 4. The molecule has 2 aliphatic heterocycles. The van der Waals surface area contributed by atoms with E-state index in [1.807, 2.05) is 24.0 Å². The average molecular weight is 472 g/mol. The van der Waals surface area contributed by atoms with Crippen molar-refractivity contribution in [2.24, 2.45) is 5.41 Å². The van der Waals surface area contributed by atoms with Gasteiger partial charge in [-0.2, -0.15) is 17.0 Å². The molecule has 0 bridgehead atoms. The van der Waals surface area contributed by atoms with E-state index in [-0.39, 0.29) is 19.1 Å². The number of hydrogen-bond donors (Lipinski definition) is 0. The summed E-state index contributed by atoms with van der Waals surface area (Å²) < 4.78 is 34.5. The summed E-state index contributed by atoms with van der Waals surface area (Å²) in [5.41, 5.74) is 0.349. The van der Waals surface area contributed by atoms with E-state index in [2.05, 4.69) is 0 Å². The number of benzene rings is 1. The molecule has 2 heterocycles. The Balaban J connectivity index is 1.81. The van der Waals surface area contributed by atoms with Gasteiger partial charge in [-0.3, -0.25) is 4.79 Å². The Morgan fingerprint density at radius 3 is 2.52 bits per heavy atom. The Hall–Kier alpha value is -1.35. The zero-order chi connectivity index (χ0) is 22.6. The Morgan fingerprint density at radius 1 is 1.16 bits per heavy atom. The standard InChI is InChI=1S/C22H34ClN3O4S/c1-18-14-19(8-9-20(18)23)30-17-22(15-21(27)25-11-5-4-6-12-25)10-7-13-26(16-22)31(28,29)24(2)3/h8-9,14H,4-7,10-13,15-17H2,1-3H3. The van der Waals surface area contributed by atoms with Crippen LogP contribution >= 0.6 is 11.6 Å². The minimum atomic E-state index is -3.56. The highest BCUT2D eigenvalue weighted by Crippen LogP contribution is 2.37. The number of ether oxygens (including phenoxy) is 1. The van der Waals surface area contributed by atoms with Crippen LogP contribution in [-0.4, -0.2) is 74.7 Å². The van der Waals surface area contributed by atoms with Gasteiger partial charge in [-0.15, -0.1) is 0 Å². The van der Waals surface area contributed by atoms with Crippen LogP contribution in [0.4, 0.5) is 0 Å². The first-order valence-corrected chi connectivity index (χ1v) is 12.7. The molecule has 2 aliphatic rings. The lowest BCUT2D eigenvalue weighted by atomic mass is 9.78. The maximum atomic E-state index is 13.1. The molecule has 0 saturated carbocycles. The van der Waals surface area contributed by atoms with Crippen LogP contribution in [0.2, 0.25) is 5.02 Å². The van der Waals surface area contributed by atoms with Crippen molar-refractivity contribution >= 4 is 27.7 Å². The van der Waals surface area contributed by atoms with Crippen LogP contribution < -0.4 is 4.74 Å². The number of nitrogens with zero attached hydrogens (tertiary/aromatic N) is 3. The number of aryl methyl sites for hydroxylation is 1. The first-order valence-electron chi connectivity index (χ1n) is 11.0. The van der Waals surface area contributed by atoms with Crippen molar-refractivity contribution in [1.29, 1.82) is 0 Å². The van der Waals surface area contributed by atoms with Gasteiger partial charge in [0, 0.05) is 57.1 Å². The quantitative estimate of drug-likeness (QED) is 0.611. The topological polar surface area (TPSA) is 70.2 Å². The molecule has 0 aliphatic carbocycles. The number of rotatable bonds is 7. The van der Waals surface area contributed by atoms with Crippen LogP contribution in [0.3, 0.4) is 0 Å². The van der Waals surface area contributed by atoms with Gasteiger partial charge in [0.25, 0.3) is 10.2 Å². The van der Waals surface area contributed by atoms with E-state index < -0.39 is 15.6 Å². The van der Waals surface area contributed by atoms with E-state index >= 15 is 0 Å². The van der Waals surface area contributed by atoms with Gasteiger partial charge < -0.3 is 9.64 Å². The van der Waals surface area contributed by atoms with Crippen molar-refractivity contribution in [2.75, 3.05) is 46.9 Å². The minimum Gasteiger partial charge on any atom is -0.493 e. The van der Waals surface area contributed by atoms with Gasteiger partial charge in [-0.05, 0) is 62.8 Å². The van der Waals surface area contributed by atoms with Crippen LogP contribution in [0.15, 0.2) is 18.2 Å². The number of carbonyl (C=O) groups is 1. The van der Waals surface area contributed by atoms with Crippen molar-refractivity contribution < 1.29 is 17.9 Å². The second kappa shape index (κ2) is 10.1. The number of piperidine rings is 2. The van der Waals surface area contributed by atoms with Gasteiger partial charge in [0.05, 0.1) is 6.61 Å². The van der Waals surface area contributed by atoms with E-state index in [9.17, 15) is 13.2 Å². The third-order valence-electron chi connectivity index (χ3n) is 6.32. The summed E-state index contributed by atoms with van der Waals surface area (Å²) in [5, 5.41) is 0.670. The highest BCUT2D eigenvalue weighted by Gasteiger charge is 2.43. The lowest BCUT2D eigenvalue weighted by Crippen LogP contribution is -2.53. The van der Waals surface area contributed by atoms with Crippen molar-refractivity contribution in [3.63, 3.8) is 0 Å². The normalized spacial score (nSPS) is 23.2. The monoisotopic (exact) mass is 471 g/mol. The molecule has 7 nitrogen and oxygen atoms in total. The fourth-order valence-electron chi connectivity index (χ4n) is 4.42. The Bertz CT molecular complexity index is 887. The third kappa shape index (κ3) is 5.92. The van der Waals surface area contributed by atoms with Crippen molar-refractivity contribution in [3.8, 4) is 5.75 Å². The molecule has 2 saturated heterocycles. The summed E-state index contributed by atoms with van der Waals surface area (Å²) in [6, 6.07) is 5.48. The Morgan fingerprint density at radius 2 is 1.87 bits per heavy atom. The van der Waals surface area contributed by atoms with Gasteiger partial charge >= 0.3 is 0 Å². The van der Waals surface area contributed by atoms with Gasteiger partial charge in [0.2, 0.25) is 5.91 Å². The molecule has 0 N–H and O–H groups in total. The molecule has 1 amide bonds. The van der Waals surface area contributed by atoms with Crippen molar-refractivity contribution in [2.45, 2.75) is 45.4 Å². The van der Waals surface area contributed by atoms with Gasteiger partial charge in [0.15, 0.2) is 0 Å². The van der Waals surface area contributed by atoms with Crippen LogP contribution in [0.1, 0.15) is 44.1 Å². The van der Waals surface area contributed by atoms with Crippen molar-refractivity contribution in [3.05, 3.63) is 28.8 Å². The number of likely N-dealkylation sites (tertiary alicyclic amines) is 1. The minimum absolute atomic E-state index is 0.0969. The van der Waals surface area contributed by atoms with Crippen molar-refractivity contribution in [1.82, 2.24) is 13.5 Å². The molecule has 1 aromatic rings. The second-order valence-corrected chi connectivity index (χ2v) is 11.6. The summed E-state index contributed by atoms with van der Waals surface area (Å²) in [6.45, 7) is 4.50. The predicted molar refractivity (Wildman–Crippen MR) is 123 cm³/mol. The molecule has 1 aromatic carbocycles. The largest absolute Gasteiger partial charge is 0.493 e. The van der Waals surface area contributed by atoms with Gasteiger partial charge in [0.1, 0.15) is 5.75 Å². The second-order valence-electron chi connectivity index (χ2n) is 9.05. The van der Waals surface area contributed by atoms with E-state index in [0.29, 0.717) is 30.2 Å². The molecule has 174 valence electrons. The maximum Gasteiger partial charge on any atom is 0.281 e.